The summed E-state index contributed by atoms with van der Waals surface area (Å²) in [5.74, 6) is 0.667. The summed E-state index contributed by atoms with van der Waals surface area (Å²) in [5.41, 5.74) is 7.21. The van der Waals surface area contributed by atoms with Crippen LogP contribution >= 0.6 is 0 Å². The first-order valence-electron chi connectivity index (χ1n) is 8.41. The van der Waals surface area contributed by atoms with E-state index in [0.717, 1.165) is 33.5 Å². The molecule has 2 aromatic heterocycles. The number of nitrogens with zero attached hydrogens (tertiary/aromatic N) is 3. The van der Waals surface area contributed by atoms with E-state index in [-0.39, 0.29) is 0 Å². The Kier molecular flexibility index (Phi) is 3.77. The highest BCUT2D eigenvalue weighted by atomic mass is 14.9. The molecule has 4 rings (SSSR count). The fraction of sp³-hybridized carbons (Fsp3) is 0.136. The zero-order valence-corrected chi connectivity index (χ0v) is 14.6. The van der Waals surface area contributed by atoms with Crippen molar-refractivity contribution < 1.29 is 0 Å². The third-order valence-electron chi connectivity index (χ3n) is 4.45. The van der Waals surface area contributed by atoms with Crippen molar-refractivity contribution in [1.82, 2.24) is 15.0 Å². The van der Waals surface area contributed by atoms with Crippen LogP contribution < -0.4 is 0 Å². The molecule has 0 saturated carbocycles. The Balaban J connectivity index is 2.08. The minimum atomic E-state index is 0.667. The highest BCUT2D eigenvalue weighted by Gasteiger charge is 2.15. The predicted octanol–water partition coefficient (Wildman–Crippen LogP) is 5.28. The molecule has 0 bridgehead atoms. The summed E-state index contributed by atoms with van der Waals surface area (Å²) in [7, 11) is 0. The Morgan fingerprint density at radius 2 is 1.40 bits per heavy atom. The summed E-state index contributed by atoms with van der Waals surface area (Å²) in [6.07, 6.45) is 0. The second-order valence-electron chi connectivity index (χ2n) is 6.34. The van der Waals surface area contributed by atoms with E-state index in [1.54, 1.807) is 0 Å². The maximum Gasteiger partial charge on any atom is 0.179 e. The smallest absolute Gasteiger partial charge is 0.179 e. The first kappa shape index (κ1) is 15.5. The maximum absolute atomic E-state index is 4.93. The van der Waals surface area contributed by atoms with Crippen molar-refractivity contribution in [3.8, 4) is 22.8 Å². The maximum atomic E-state index is 4.93. The zero-order chi connectivity index (χ0) is 17.4. The predicted molar refractivity (Wildman–Crippen MR) is 102 cm³/mol. The molecule has 0 spiro atoms. The number of aryl methyl sites for hydroxylation is 3. The van der Waals surface area contributed by atoms with Crippen molar-refractivity contribution in [3.63, 3.8) is 0 Å². The number of aromatic nitrogens is 3. The molecule has 0 aliphatic heterocycles. The van der Waals surface area contributed by atoms with Crippen LogP contribution in [0.25, 0.3) is 33.7 Å². The standard InChI is InChI=1S/C22H19N3/c1-14-8-4-5-11-17(14)21-20-15(2)9-6-12-18(20)24-22(25-21)19-13-7-10-16(3)23-19/h4-13H,1-3H3. The number of hydrogen-bond acceptors (Lipinski definition) is 3. The van der Waals surface area contributed by atoms with Gasteiger partial charge in [-0.05, 0) is 50.1 Å². The lowest BCUT2D eigenvalue weighted by Gasteiger charge is -2.12. The van der Waals surface area contributed by atoms with Crippen LogP contribution in [0.15, 0.2) is 60.7 Å². The van der Waals surface area contributed by atoms with E-state index in [1.807, 2.05) is 37.3 Å². The van der Waals surface area contributed by atoms with Crippen LogP contribution in [0.3, 0.4) is 0 Å². The average molecular weight is 325 g/mol. The van der Waals surface area contributed by atoms with E-state index in [0.29, 0.717) is 5.82 Å². The van der Waals surface area contributed by atoms with Gasteiger partial charge in [0.05, 0.1) is 11.2 Å². The van der Waals surface area contributed by atoms with Crippen LogP contribution in [-0.2, 0) is 0 Å². The van der Waals surface area contributed by atoms with Crippen molar-refractivity contribution in [3.05, 3.63) is 77.5 Å². The molecule has 25 heavy (non-hydrogen) atoms. The van der Waals surface area contributed by atoms with Gasteiger partial charge in [0.15, 0.2) is 5.82 Å². The van der Waals surface area contributed by atoms with Gasteiger partial charge in [-0.2, -0.15) is 0 Å². The molecule has 2 heterocycles. The lowest BCUT2D eigenvalue weighted by atomic mass is 9.99. The van der Waals surface area contributed by atoms with E-state index in [9.17, 15) is 0 Å². The van der Waals surface area contributed by atoms with E-state index >= 15 is 0 Å². The molecule has 0 N–H and O–H groups in total. The fourth-order valence-corrected chi connectivity index (χ4v) is 3.17. The minimum absolute atomic E-state index is 0.667. The van der Waals surface area contributed by atoms with E-state index in [1.165, 1.54) is 11.1 Å². The lowest BCUT2D eigenvalue weighted by molar-refractivity contribution is 1.14. The van der Waals surface area contributed by atoms with E-state index < -0.39 is 0 Å². The number of fused-ring (bicyclic) bond motifs is 1. The van der Waals surface area contributed by atoms with Crippen molar-refractivity contribution in [2.24, 2.45) is 0 Å². The molecule has 0 saturated heterocycles. The topological polar surface area (TPSA) is 38.7 Å². The van der Waals surface area contributed by atoms with Crippen LogP contribution in [0.1, 0.15) is 16.8 Å². The Morgan fingerprint density at radius 3 is 2.20 bits per heavy atom. The molecule has 4 aromatic rings. The lowest BCUT2D eigenvalue weighted by Crippen LogP contribution is -1.99. The van der Waals surface area contributed by atoms with Gasteiger partial charge >= 0.3 is 0 Å². The summed E-state index contributed by atoms with van der Waals surface area (Å²) >= 11 is 0. The van der Waals surface area contributed by atoms with Gasteiger partial charge in [-0.15, -0.1) is 0 Å². The highest BCUT2D eigenvalue weighted by molar-refractivity contribution is 5.96. The third kappa shape index (κ3) is 2.78. The van der Waals surface area contributed by atoms with Crippen LogP contribution in [0.2, 0.25) is 0 Å². The van der Waals surface area contributed by atoms with Crippen molar-refractivity contribution >= 4 is 10.9 Å². The summed E-state index contributed by atoms with van der Waals surface area (Å²) in [6, 6.07) is 20.5. The SMILES string of the molecule is Cc1cccc(-c2nc(-c3ccccc3C)c3c(C)cccc3n2)n1. The van der Waals surface area contributed by atoms with Crippen LogP contribution in [0, 0.1) is 20.8 Å². The van der Waals surface area contributed by atoms with Crippen molar-refractivity contribution in [2.45, 2.75) is 20.8 Å². The zero-order valence-electron chi connectivity index (χ0n) is 14.6. The number of pyridine rings is 1. The molecular weight excluding hydrogens is 306 g/mol. The number of benzene rings is 2. The molecule has 0 amide bonds. The summed E-state index contributed by atoms with van der Waals surface area (Å²) in [4.78, 5) is 14.3. The van der Waals surface area contributed by atoms with Gasteiger partial charge in [0, 0.05) is 16.6 Å². The molecule has 0 radical (unpaired) electrons. The third-order valence-corrected chi connectivity index (χ3v) is 4.45. The molecule has 0 fully saturated rings. The molecule has 0 aliphatic carbocycles. The summed E-state index contributed by atoms with van der Waals surface area (Å²) < 4.78 is 0. The van der Waals surface area contributed by atoms with E-state index in [4.69, 9.17) is 9.97 Å². The molecule has 122 valence electrons. The highest BCUT2D eigenvalue weighted by Crippen LogP contribution is 2.32. The van der Waals surface area contributed by atoms with Gasteiger partial charge in [-0.25, -0.2) is 15.0 Å². The molecule has 2 aromatic carbocycles. The van der Waals surface area contributed by atoms with E-state index in [2.05, 4.69) is 49.2 Å². The minimum Gasteiger partial charge on any atom is -0.250 e. The van der Waals surface area contributed by atoms with Crippen molar-refractivity contribution in [1.29, 1.82) is 0 Å². The normalized spacial score (nSPS) is 11.0. The molecule has 0 unspecified atom stereocenters. The van der Waals surface area contributed by atoms with Crippen LogP contribution in [-0.4, -0.2) is 15.0 Å². The molecule has 0 atom stereocenters. The van der Waals surface area contributed by atoms with Crippen LogP contribution in [0.5, 0.6) is 0 Å². The molecule has 3 heteroatoms. The second-order valence-corrected chi connectivity index (χ2v) is 6.34. The fourth-order valence-electron chi connectivity index (χ4n) is 3.17. The summed E-state index contributed by atoms with van der Waals surface area (Å²) in [5, 5.41) is 1.10. The monoisotopic (exact) mass is 325 g/mol. The average Bonchev–Trinajstić information content (AvgIpc) is 2.61. The largest absolute Gasteiger partial charge is 0.250 e. The quantitative estimate of drug-likeness (QED) is 0.503. The van der Waals surface area contributed by atoms with Gasteiger partial charge in [-0.1, -0.05) is 42.5 Å². The van der Waals surface area contributed by atoms with Gasteiger partial charge in [-0.3, -0.25) is 0 Å². The van der Waals surface area contributed by atoms with Crippen molar-refractivity contribution in [2.75, 3.05) is 0 Å². The van der Waals surface area contributed by atoms with Gasteiger partial charge in [0.1, 0.15) is 5.69 Å². The molecule has 3 nitrogen and oxygen atoms in total. The first-order valence-corrected chi connectivity index (χ1v) is 8.41. The number of hydrogen-bond donors (Lipinski definition) is 0. The van der Waals surface area contributed by atoms with Gasteiger partial charge in [0.25, 0.3) is 0 Å². The Morgan fingerprint density at radius 1 is 0.640 bits per heavy atom. The Bertz CT molecular complexity index is 1080. The van der Waals surface area contributed by atoms with Gasteiger partial charge in [0.2, 0.25) is 0 Å². The second kappa shape index (κ2) is 6.10. The Hall–Kier alpha value is -3.07. The molecular formula is C22H19N3. The molecule has 0 aliphatic rings. The first-order chi connectivity index (χ1) is 12.1. The summed E-state index contributed by atoms with van der Waals surface area (Å²) in [6.45, 7) is 6.21. The Labute approximate surface area is 147 Å². The van der Waals surface area contributed by atoms with Gasteiger partial charge < -0.3 is 0 Å². The number of rotatable bonds is 2. The van der Waals surface area contributed by atoms with Crippen LogP contribution in [0.4, 0.5) is 0 Å².